The maximum atomic E-state index is 14.0. The number of nitrogens with two attached hydrogens (primary N) is 1. The molecule has 120 valence electrons. The summed E-state index contributed by atoms with van der Waals surface area (Å²) in [6, 6.07) is 3.23. The Morgan fingerprint density at radius 1 is 1.52 bits per heavy atom. The van der Waals surface area contributed by atoms with E-state index in [1.165, 1.54) is 6.07 Å². The van der Waals surface area contributed by atoms with Gasteiger partial charge in [-0.15, -0.1) is 0 Å². The van der Waals surface area contributed by atoms with Gasteiger partial charge in [-0.05, 0) is 12.1 Å². The highest BCUT2D eigenvalue weighted by Gasteiger charge is 2.28. The fraction of sp³-hybridized carbons (Fsp3) is 0.0833. The van der Waals surface area contributed by atoms with E-state index in [0.29, 0.717) is 4.68 Å². The smallest absolute Gasteiger partial charge is 0.387 e. The number of alkyl halides is 2. The maximum absolute atomic E-state index is 14.0. The molecule has 7 nitrogen and oxygen atoms in total. The van der Waals surface area contributed by atoms with Gasteiger partial charge in [0.1, 0.15) is 11.8 Å². The summed E-state index contributed by atoms with van der Waals surface area (Å²) < 4.78 is 43.3. The van der Waals surface area contributed by atoms with Crippen LogP contribution in [-0.4, -0.2) is 27.5 Å². The summed E-state index contributed by atoms with van der Waals surface area (Å²) in [7, 11) is 0. The minimum absolute atomic E-state index is 0.0874. The molecule has 0 amide bonds. The lowest BCUT2D eigenvalue weighted by Crippen LogP contribution is -2.07. The predicted octanol–water partition coefficient (Wildman–Crippen LogP) is 2.42. The molecule has 0 aliphatic rings. The van der Waals surface area contributed by atoms with Gasteiger partial charge in [-0.1, -0.05) is 11.6 Å². The number of rotatable bonds is 4. The Morgan fingerprint density at radius 3 is 2.70 bits per heavy atom. The molecule has 0 saturated carbocycles. The van der Waals surface area contributed by atoms with E-state index < -0.39 is 41.2 Å². The minimum atomic E-state index is -3.40. The van der Waals surface area contributed by atoms with E-state index in [2.05, 4.69) is 9.84 Å². The molecule has 0 aliphatic heterocycles. The van der Waals surface area contributed by atoms with Crippen LogP contribution in [0.4, 0.5) is 18.9 Å². The highest BCUT2D eigenvalue weighted by Crippen LogP contribution is 2.31. The van der Waals surface area contributed by atoms with Crippen molar-refractivity contribution >= 4 is 23.3 Å². The Bertz CT molecular complexity index is 832. The molecule has 2 rings (SSSR count). The Hall–Kier alpha value is -2.93. The van der Waals surface area contributed by atoms with E-state index in [4.69, 9.17) is 27.7 Å². The number of ether oxygens (including phenoxy) is 1. The summed E-state index contributed by atoms with van der Waals surface area (Å²) in [5.74, 6) is -3.72. The van der Waals surface area contributed by atoms with Crippen molar-refractivity contribution in [3.05, 3.63) is 34.4 Å². The normalized spacial score (nSPS) is 10.6. The Labute approximate surface area is 131 Å². The summed E-state index contributed by atoms with van der Waals surface area (Å²) in [4.78, 5) is 11.1. The number of carbonyl (C=O) groups is 1. The molecule has 1 aromatic carbocycles. The van der Waals surface area contributed by atoms with Gasteiger partial charge < -0.3 is 15.6 Å². The highest BCUT2D eigenvalue weighted by atomic mass is 35.5. The van der Waals surface area contributed by atoms with Crippen molar-refractivity contribution in [1.29, 1.82) is 5.26 Å². The van der Waals surface area contributed by atoms with Crippen LogP contribution in [-0.2, 0) is 0 Å². The lowest BCUT2D eigenvalue weighted by molar-refractivity contribution is -0.0505. The van der Waals surface area contributed by atoms with Gasteiger partial charge in [0.15, 0.2) is 17.3 Å². The van der Waals surface area contributed by atoms with Crippen molar-refractivity contribution in [2.45, 2.75) is 6.61 Å². The second-order valence-corrected chi connectivity index (χ2v) is 4.47. The van der Waals surface area contributed by atoms with Crippen molar-refractivity contribution in [2.75, 3.05) is 5.73 Å². The highest BCUT2D eigenvalue weighted by molar-refractivity contribution is 6.33. The number of carboxylic acids is 1. The maximum Gasteiger partial charge on any atom is 0.387 e. The summed E-state index contributed by atoms with van der Waals surface area (Å²) in [5, 5.41) is 21.4. The molecule has 0 radical (unpaired) electrons. The fourth-order valence-electron chi connectivity index (χ4n) is 1.73. The Balaban J connectivity index is 2.76. The summed E-state index contributed by atoms with van der Waals surface area (Å²) in [6.45, 7) is -3.40. The number of hydrogen-bond acceptors (Lipinski definition) is 5. The van der Waals surface area contributed by atoms with Gasteiger partial charge in [0.05, 0.1) is 10.7 Å². The summed E-state index contributed by atoms with van der Waals surface area (Å²) in [6.07, 6.45) is 0. The molecule has 1 aromatic heterocycles. The van der Waals surface area contributed by atoms with Crippen molar-refractivity contribution in [1.82, 2.24) is 9.78 Å². The number of halogens is 4. The zero-order chi connectivity index (χ0) is 17.3. The third-order valence-electron chi connectivity index (χ3n) is 2.65. The van der Waals surface area contributed by atoms with E-state index in [1.807, 2.05) is 0 Å². The molecule has 0 bridgehead atoms. The van der Waals surface area contributed by atoms with Gasteiger partial charge in [0.2, 0.25) is 5.69 Å². The number of aromatic nitrogens is 2. The fourth-order valence-corrected chi connectivity index (χ4v) is 1.88. The van der Waals surface area contributed by atoms with Crippen molar-refractivity contribution in [2.24, 2.45) is 0 Å². The van der Waals surface area contributed by atoms with E-state index in [-0.39, 0.29) is 10.7 Å². The molecule has 3 N–H and O–H groups in total. The van der Waals surface area contributed by atoms with Crippen LogP contribution in [0.2, 0.25) is 5.02 Å². The number of benzene rings is 1. The van der Waals surface area contributed by atoms with Gasteiger partial charge >= 0.3 is 12.6 Å². The Morgan fingerprint density at radius 2 is 2.17 bits per heavy atom. The molecule has 1 heterocycles. The van der Waals surface area contributed by atoms with Crippen LogP contribution in [0.5, 0.6) is 5.75 Å². The van der Waals surface area contributed by atoms with Gasteiger partial charge in [0, 0.05) is 0 Å². The molecule has 0 unspecified atom stereocenters. The number of aromatic carboxylic acids is 1. The number of nitrogens with zero attached hydrogens (tertiary/aromatic N) is 3. The van der Waals surface area contributed by atoms with Gasteiger partial charge in [-0.2, -0.15) is 19.1 Å². The molecule has 0 aliphatic carbocycles. The number of nitriles is 1. The first-order valence-electron chi connectivity index (χ1n) is 5.72. The topological polar surface area (TPSA) is 114 Å². The summed E-state index contributed by atoms with van der Waals surface area (Å²) >= 11 is 5.63. The van der Waals surface area contributed by atoms with E-state index in [0.717, 1.165) is 12.1 Å². The average Bonchev–Trinajstić information content (AvgIpc) is 2.80. The first kappa shape index (κ1) is 16.4. The van der Waals surface area contributed by atoms with Crippen LogP contribution >= 0.6 is 11.6 Å². The molecule has 0 spiro atoms. The van der Waals surface area contributed by atoms with Crippen LogP contribution in [0.15, 0.2) is 12.1 Å². The lowest BCUT2D eigenvalue weighted by atomic mass is 10.2. The van der Waals surface area contributed by atoms with Crippen LogP contribution in [0.25, 0.3) is 5.69 Å². The van der Waals surface area contributed by atoms with Crippen LogP contribution in [0.3, 0.4) is 0 Å². The zero-order valence-corrected chi connectivity index (χ0v) is 11.7. The van der Waals surface area contributed by atoms with Crippen LogP contribution in [0.1, 0.15) is 16.2 Å². The number of anilines is 1. The second kappa shape index (κ2) is 6.05. The van der Waals surface area contributed by atoms with Gasteiger partial charge in [-0.25, -0.2) is 13.9 Å². The van der Waals surface area contributed by atoms with Gasteiger partial charge in [-0.3, -0.25) is 0 Å². The molecular formula is C12H6ClF3N4O3. The number of carboxylic acid groups (broad SMARTS) is 1. The lowest BCUT2D eigenvalue weighted by Gasteiger charge is -2.07. The van der Waals surface area contributed by atoms with Crippen LogP contribution < -0.4 is 10.5 Å². The number of hydrogen-bond donors (Lipinski definition) is 2. The molecule has 0 fully saturated rings. The number of nitrogen functional groups attached to an aromatic ring is 1. The quantitative estimate of drug-likeness (QED) is 0.822. The predicted molar refractivity (Wildman–Crippen MR) is 71.3 cm³/mol. The molecule has 23 heavy (non-hydrogen) atoms. The first-order chi connectivity index (χ1) is 10.8. The van der Waals surface area contributed by atoms with Crippen molar-refractivity contribution in [3.63, 3.8) is 0 Å². The van der Waals surface area contributed by atoms with Crippen LogP contribution in [0, 0.1) is 17.1 Å². The van der Waals surface area contributed by atoms with E-state index in [1.54, 1.807) is 0 Å². The van der Waals surface area contributed by atoms with Gasteiger partial charge in [0.25, 0.3) is 0 Å². The first-order valence-corrected chi connectivity index (χ1v) is 6.10. The zero-order valence-electron chi connectivity index (χ0n) is 10.9. The van der Waals surface area contributed by atoms with Crippen molar-refractivity contribution in [3.8, 4) is 17.5 Å². The van der Waals surface area contributed by atoms with E-state index in [9.17, 15) is 18.0 Å². The standard InChI is InChI=1S/C12H6ClF3N4O3/c13-4-1-5(14)7(2-6(4)18)20-8(3-17)10(23-12(15)16)9(19-20)11(21)22/h1-2,12H,18H2,(H,21,22). The largest absolute Gasteiger partial charge is 0.476 e. The minimum Gasteiger partial charge on any atom is -0.476 e. The monoisotopic (exact) mass is 346 g/mol. The Kier molecular flexibility index (Phi) is 4.33. The molecular weight excluding hydrogens is 341 g/mol. The third-order valence-corrected chi connectivity index (χ3v) is 2.98. The second-order valence-electron chi connectivity index (χ2n) is 4.06. The average molecular weight is 347 g/mol. The summed E-state index contributed by atoms with van der Waals surface area (Å²) in [5.41, 5.74) is 3.27. The van der Waals surface area contributed by atoms with Crippen molar-refractivity contribution < 1.29 is 27.8 Å². The third kappa shape index (κ3) is 3.00. The molecule has 0 atom stereocenters. The molecule has 0 saturated heterocycles. The molecule has 11 heteroatoms. The molecule has 2 aromatic rings. The SMILES string of the molecule is N#Cc1c(OC(F)F)c(C(=O)O)nn1-c1cc(N)c(Cl)cc1F. The van der Waals surface area contributed by atoms with E-state index >= 15 is 0 Å².